The second kappa shape index (κ2) is 6.38. The Bertz CT molecular complexity index is 881. The molecular formula is C18H21FN4OS. The highest BCUT2D eigenvalue weighted by molar-refractivity contribution is 7.17. The summed E-state index contributed by atoms with van der Waals surface area (Å²) in [6.07, 6.45) is 2.25. The van der Waals surface area contributed by atoms with Gasteiger partial charge in [0.25, 0.3) is 0 Å². The number of aromatic hydroxyl groups is 1. The minimum Gasteiger partial charge on any atom is -0.492 e. The Morgan fingerprint density at radius 3 is 2.56 bits per heavy atom. The maximum Gasteiger partial charge on any atom is 0.230 e. The summed E-state index contributed by atoms with van der Waals surface area (Å²) in [7, 11) is 0. The van der Waals surface area contributed by atoms with Gasteiger partial charge in [-0.15, -0.1) is 5.10 Å². The SMILES string of the molecule is Cc1nc2sc(C(c3ccc(F)cc3)N3CCC(C)CC3)c(O)n2n1. The van der Waals surface area contributed by atoms with Crippen LogP contribution in [0.25, 0.3) is 4.96 Å². The molecule has 0 aliphatic carbocycles. The number of halogens is 1. The predicted molar refractivity (Wildman–Crippen MR) is 95.5 cm³/mol. The summed E-state index contributed by atoms with van der Waals surface area (Å²) in [4.78, 5) is 8.24. The smallest absolute Gasteiger partial charge is 0.230 e. The van der Waals surface area contributed by atoms with Crippen LogP contribution in [0.15, 0.2) is 24.3 Å². The van der Waals surface area contributed by atoms with Crippen LogP contribution in [0.3, 0.4) is 0 Å². The first kappa shape index (κ1) is 16.5. The lowest BCUT2D eigenvalue weighted by Gasteiger charge is -2.36. The number of likely N-dealkylation sites (tertiary alicyclic amines) is 1. The van der Waals surface area contributed by atoms with Crippen LogP contribution in [0.4, 0.5) is 4.39 Å². The van der Waals surface area contributed by atoms with Crippen molar-refractivity contribution in [1.82, 2.24) is 19.5 Å². The van der Waals surface area contributed by atoms with Crippen LogP contribution in [-0.2, 0) is 0 Å². The van der Waals surface area contributed by atoms with Gasteiger partial charge in [0.1, 0.15) is 11.6 Å². The summed E-state index contributed by atoms with van der Waals surface area (Å²) in [5, 5.41) is 15.0. The van der Waals surface area contributed by atoms with Crippen LogP contribution in [-0.4, -0.2) is 37.7 Å². The lowest BCUT2D eigenvalue weighted by Crippen LogP contribution is -2.36. The molecule has 25 heavy (non-hydrogen) atoms. The number of hydrogen-bond acceptors (Lipinski definition) is 5. The number of benzene rings is 1. The van der Waals surface area contributed by atoms with E-state index < -0.39 is 0 Å². The van der Waals surface area contributed by atoms with Gasteiger partial charge in [0, 0.05) is 0 Å². The van der Waals surface area contributed by atoms with E-state index in [1.807, 2.05) is 6.92 Å². The van der Waals surface area contributed by atoms with Gasteiger partial charge in [-0.05, 0) is 56.5 Å². The van der Waals surface area contributed by atoms with Crippen molar-refractivity contribution in [2.45, 2.75) is 32.7 Å². The minimum absolute atomic E-state index is 0.109. The molecule has 132 valence electrons. The molecular weight excluding hydrogens is 339 g/mol. The fourth-order valence-corrected chi connectivity index (χ4v) is 4.65. The molecule has 1 aromatic carbocycles. The van der Waals surface area contributed by atoms with Gasteiger partial charge < -0.3 is 5.11 Å². The van der Waals surface area contributed by atoms with Crippen LogP contribution in [0.1, 0.15) is 42.1 Å². The normalized spacial score (nSPS) is 18.0. The minimum atomic E-state index is -0.253. The zero-order valence-corrected chi connectivity index (χ0v) is 15.1. The van der Waals surface area contributed by atoms with Crippen LogP contribution < -0.4 is 0 Å². The van der Waals surface area contributed by atoms with E-state index in [1.165, 1.54) is 28.0 Å². The van der Waals surface area contributed by atoms with Gasteiger partial charge in [-0.2, -0.15) is 4.52 Å². The van der Waals surface area contributed by atoms with Crippen LogP contribution in [0.2, 0.25) is 0 Å². The summed E-state index contributed by atoms with van der Waals surface area (Å²) < 4.78 is 14.9. The van der Waals surface area contributed by atoms with Crippen molar-refractivity contribution >= 4 is 16.3 Å². The molecule has 2 aromatic heterocycles. The lowest BCUT2D eigenvalue weighted by molar-refractivity contribution is 0.157. The average molecular weight is 360 g/mol. The zero-order chi connectivity index (χ0) is 17.6. The number of nitrogens with zero attached hydrogens (tertiary/aromatic N) is 4. The Kier molecular flexibility index (Phi) is 4.21. The largest absolute Gasteiger partial charge is 0.492 e. The maximum absolute atomic E-state index is 13.4. The van der Waals surface area contributed by atoms with Crippen molar-refractivity contribution in [2.24, 2.45) is 5.92 Å². The van der Waals surface area contributed by atoms with E-state index in [9.17, 15) is 9.50 Å². The third-order valence-corrected chi connectivity index (χ3v) is 6.00. The summed E-state index contributed by atoms with van der Waals surface area (Å²) in [6, 6.07) is 6.46. The van der Waals surface area contributed by atoms with Gasteiger partial charge in [-0.1, -0.05) is 30.4 Å². The molecule has 0 spiro atoms. The quantitative estimate of drug-likeness (QED) is 0.773. The molecule has 0 radical (unpaired) electrons. The van der Waals surface area contributed by atoms with Gasteiger partial charge in [-0.3, -0.25) is 4.90 Å². The third-order valence-electron chi connectivity index (χ3n) is 4.92. The number of aryl methyl sites for hydroxylation is 1. The van der Waals surface area contributed by atoms with E-state index in [-0.39, 0.29) is 17.7 Å². The Morgan fingerprint density at radius 1 is 1.24 bits per heavy atom. The molecule has 3 heterocycles. The summed E-state index contributed by atoms with van der Waals surface area (Å²) in [5.41, 5.74) is 0.979. The highest BCUT2D eigenvalue weighted by atomic mass is 32.1. The van der Waals surface area contributed by atoms with Gasteiger partial charge in [-0.25, -0.2) is 9.37 Å². The van der Waals surface area contributed by atoms with Crippen LogP contribution >= 0.6 is 11.3 Å². The molecule has 1 saturated heterocycles. The first-order valence-electron chi connectivity index (χ1n) is 8.57. The van der Waals surface area contributed by atoms with E-state index in [4.69, 9.17) is 0 Å². The van der Waals surface area contributed by atoms with Gasteiger partial charge in [0.05, 0.1) is 10.9 Å². The van der Waals surface area contributed by atoms with Crippen molar-refractivity contribution in [1.29, 1.82) is 0 Å². The molecule has 0 bridgehead atoms. The number of rotatable bonds is 3. The van der Waals surface area contributed by atoms with Crippen molar-refractivity contribution in [3.8, 4) is 5.88 Å². The number of thiazole rings is 1. The summed E-state index contributed by atoms with van der Waals surface area (Å²) >= 11 is 1.45. The Morgan fingerprint density at radius 2 is 1.92 bits per heavy atom. The molecule has 7 heteroatoms. The molecule has 1 unspecified atom stereocenters. The second-order valence-electron chi connectivity index (χ2n) is 6.82. The number of hydrogen-bond donors (Lipinski definition) is 1. The molecule has 1 aliphatic heterocycles. The number of piperidine rings is 1. The fraction of sp³-hybridized carbons (Fsp3) is 0.444. The molecule has 1 atom stereocenters. The summed E-state index contributed by atoms with van der Waals surface area (Å²) in [5.74, 6) is 1.23. The molecule has 0 amide bonds. The van der Waals surface area contributed by atoms with Crippen molar-refractivity contribution < 1.29 is 9.50 Å². The van der Waals surface area contributed by atoms with E-state index in [1.54, 1.807) is 12.1 Å². The Hall–Kier alpha value is -1.99. The molecule has 0 saturated carbocycles. The zero-order valence-electron chi connectivity index (χ0n) is 14.3. The van der Waals surface area contributed by atoms with E-state index in [0.717, 1.165) is 36.4 Å². The highest BCUT2D eigenvalue weighted by Crippen LogP contribution is 2.41. The second-order valence-corrected chi connectivity index (χ2v) is 7.82. The maximum atomic E-state index is 13.4. The molecule has 3 aromatic rings. The first-order valence-corrected chi connectivity index (χ1v) is 9.39. The number of fused-ring (bicyclic) bond motifs is 1. The average Bonchev–Trinajstić information content (AvgIpc) is 3.09. The van der Waals surface area contributed by atoms with Gasteiger partial charge in [0.15, 0.2) is 0 Å². The van der Waals surface area contributed by atoms with E-state index in [2.05, 4.69) is 21.9 Å². The topological polar surface area (TPSA) is 53.7 Å². The standard InChI is InChI=1S/C18H21FN4OS/c1-11-7-9-22(10-8-11)15(13-3-5-14(19)6-4-13)16-17(24)23-18(25-16)20-12(2)21-23/h3-6,11,15,24H,7-10H2,1-2H3. The van der Waals surface area contributed by atoms with Crippen molar-refractivity contribution in [3.05, 3.63) is 46.3 Å². The van der Waals surface area contributed by atoms with Gasteiger partial charge in [0.2, 0.25) is 10.8 Å². The molecule has 1 aliphatic rings. The van der Waals surface area contributed by atoms with Crippen molar-refractivity contribution in [3.63, 3.8) is 0 Å². The van der Waals surface area contributed by atoms with E-state index in [0.29, 0.717) is 16.7 Å². The molecule has 5 nitrogen and oxygen atoms in total. The van der Waals surface area contributed by atoms with E-state index >= 15 is 0 Å². The Labute approximate surface area is 149 Å². The summed E-state index contributed by atoms with van der Waals surface area (Å²) in [6.45, 7) is 5.99. The van der Waals surface area contributed by atoms with Crippen molar-refractivity contribution in [2.75, 3.05) is 13.1 Å². The fourth-order valence-electron chi connectivity index (χ4n) is 3.49. The van der Waals surface area contributed by atoms with Crippen LogP contribution in [0.5, 0.6) is 5.88 Å². The van der Waals surface area contributed by atoms with Gasteiger partial charge >= 0.3 is 0 Å². The van der Waals surface area contributed by atoms with Crippen LogP contribution in [0, 0.1) is 18.7 Å². The third kappa shape index (κ3) is 3.02. The highest BCUT2D eigenvalue weighted by Gasteiger charge is 2.31. The predicted octanol–water partition coefficient (Wildman–Crippen LogP) is 3.77. The Balaban J connectivity index is 1.79. The first-order chi connectivity index (χ1) is 12.0. The lowest BCUT2D eigenvalue weighted by atomic mass is 9.95. The molecule has 1 fully saturated rings. The number of aromatic nitrogens is 3. The molecule has 1 N–H and O–H groups in total. The molecule has 4 rings (SSSR count). The monoisotopic (exact) mass is 360 g/mol.